The van der Waals surface area contributed by atoms with E-state index in [0.717, 1.165) is 18.3 Å². The lowest BCUT2D eigenvalue weighted by molar-refractivity contribution is -0.111. The molecule has 0 bridgehead atoms. The molecule has 2 heterocycles. The second-order valence-corrected chi connectivity index (χ2v) is 9.98. The number of benzene rings is 2. The van der Waals surface area contributed by atoms with Gasteiger partial charge in [0.15, 0.2) is 5.82 Å². The molecule has 3 aromatic rings. The van der Waals surface area contributed by atoms with Crippen molar-refractivity contribution in [2.75, 3.05) is 68.5 Å². The van der Waals surface area contributed by atoms with E-state index in [9.17, 15) is 13.6 Å². The molecule has 0 unspecified atom stereocenters. The minimum atomic E-state index is -0.839. The van der Waals surface area contributed by atoms with Crippen LogP contribution in [0.3, 0.4) is 0 Å². The molecule has 218 valence electrons. The molecule has 13 heteroatoms. The van der Waals surface area contributed by atoms with Crippen LogP contribution < -0.4 is 25.3 Å². The Morgan fingerprint density at radius 2 is 2.00 bits per heavy atom. The van der Waals surface area contributed by atoms with Gasteiger partial charge in [-0.15, -0.1) is 0 Å². The number of hydrogen-bond donors (Lipinski definition) is 2. The Hall–Kier alpha value is -4.00. The molecule has 1 fully saturated rings. The minimum absolute atomic E-state index is 0.195. The predicted molar refractivity (Wildman–Crippen MR) is 156 cm³/mol. The summed E-state index contributed by atoms with van der Waals surface area (Å²) in [7, 11) is 7.44. The number of hydrogen-bond acceptors (Lipinski definition) is 9. The molecule has 2 N–H and O–H groups in total. The van der Waals surface area contributed by atoms with Crippen LogP contribution in [0.4, 0.5) is 37.5 Å². The summed E-state index contributed by atoms with van der Waals surface area (Å²) in [5, 5.41) is 6.95. The Kier molecular flexibility index (Phi) is 9.58. The minimum Gasteiger partial charge on any atom is -0.494 e. The monoisotopic (exact) mass is 587 g/mol. The lowest BCUT2D eigenvalue weighted by Crippen LogP contribution is -2.29. The lowest BCUT2D eigenvalue weighted by atomic mass is 10.0. The SMILES string of the molecule is C=CC(=O)Nc1cc(Nc2cc(N3OCC[C@@H]3c3ccc(F)c(Cl)c3F)ncn2)c(OC)cc1N(C)CCN(C)C. The molecule has 1 atom stereocenters. The van der Waals surface area contributed by atoms with Gasteiger partial charge in [0.25, 0.3) is 0 Å². The normalized spacial score (nSPS) is 14.7. The first kappa shape index (κ1) is 30.0. The lowest BCUT2D eigenvalue weighted by Gasteiger charge is -2.26. The average Bonchev–Trinajstić information content (AvgIpc) is 3.44. The molecule has 1 aromatic heterocycles. The molecule has 41 heavy (non-hydrogen) atoms. The van der Waals surface area contributed by atoms with Crippen LogP contribution in [-0.4, -0.2) is 68.7 Å². The van der Waals surface area contributed by atoms with E-state index in [1.807, 2.05) is 32.1 Å². The summed E-state index contributed by atoms with van der Waals surface area (Å²) in [5.74, 6) is -0.794. The molecule has 1 aliphatic rings. The molecule has 10 nitrogen and oxygen atoms in total. The smallest absolute Gasteiger partial charge is 0.247 e. The molecule has 1 aliphatic heterocycles. The van der Waals surface area contributed by atoms with E-state index in [1.165, 1.54) is 23.5 Å². The summed E-state index contributed by atoms with van der Waals surface area (Å²) in [6.07, 6.45) is 2.97. The zero-order valence-electron chi connectivity index (χ0n) is 23.2. The number of carbonyl (C=O) groups excluding carboxylic acids is 1. The molecule has 1 amide bonds. The number of nitrogens with zero attached hydrogens (tertiary/aromatic N) is 5. The number of halogens is 3. The van der Waals surface area contributed by atoms with Gasteiger partial charge in [0, 0.05) is 44.3 Å². The van der Waals surface area contributed by atoms with Gasteiger partial charge in [-0.1, -0.05) is 24.2 Å². The van der Waals surface area contributed by atoms with Crippen molar-refractivity contribution in [1.29, 1.82) is 0 Å². The summed E-state index contributed by atoms with van der Waals surface area (Å²) < 4.78 is 34.3. The Morgan fingerprint density at radius 1 is 1.22 bits per heavy atom. The van der Waals surface area contributed by atoms with E-state index < -0.39 is 22.7 Å². The predicted octanol–water partition coefficient (Wildman–Crippen LogP) is 5.17. The third-order valence-corrected chi connectivity index (χ3v) is 6.87. The Balaban J connectivity index is 1.65. The molecule has 4 rings (SSSR count). The highest BCUT2D eigenvalue weighted by molar-refractivity contribution is 6.31. The van der Waals surface area contributed by atoms with Gasteiger partial charge in [-0.3, -0.25) is 9.63 Å². The van der Waals surface area contributed by atoms with Crippen LogP contribution in [0.2, 0.25) is 5.02 Å². The maximum absolute atomic E-state index is 14.8. The van der Waals surface area contributed by atoms with E-state index >= 15 is 0 Å². The number of ether oxygens (including phenoxy) is 1. The number of likely N-dealkylation sites (N-methyl/N-ethyl adjacent to an activating group) is 2. The molecular weight excluding hydrogens is 556 g/mol. The number of aromatic nitrogens is 2. The van der Waals surface area contributed by atoms with E-state index in [2.05, 4.69) is 32.1 Å². The van der Waals surface area contributed by atoms with Gasteiger partial charge in [0.2, 0.25) is 5.91 Å². The zero-order valence-corrected chi connectivity index (χ0v) is 24.0. The molecule has 1 saturated heterocycles. The van der Waals surface area contributed by atoms with Gasteiger partial charge in [-0.2, -0.15) is 0 Å². The summed E-state index contributed by atoms with van der Waals surface area (Å²) in [6.45, 7) is 5.35. The first-order valence-corrected chi connectivity index (χ1v) is 13.2. The number of methoxy groups -OCH3 is 1. The largest absolute Gasteiger partial charge is 0.494 e. The Morgan fingerprint density at radius 3 is 2.71 bits per heavy atom. The summed E-state index contributed by atoms with van der Waals surface area (Å²) >= 11 is 5.82. The fourth-order valence-corrected chi connectivity index (χ4v) is 4.53. The van der Waals surface area contributed by atoms with Crippen molar-refractivity contribution in [3.63, 3.8) is 0 Å². The van der Waals surface area contributed by atoms with Crippen LogP contribution in [0.15, 0.2) is 49.3 Å². The van der Waals surface area contributed by atoms with Crippen LogP contribution in [-0.2, 0) is 9.63 Å². The van der Waals surface area contributed by atoms with Crippen molar-refractivity contribution >= 4 is 46.2 Å². The van der Waals surface area contributed by atoms with E-state index in [0.29, 0.717) is 48.3 Å². The second kappa shape index (κ2) is 13.1. The third-order valence-electron chi connectivity index (χ3n) is 6.52. The molecule has 0 saturated carbocycles. The highest BCUT2D eigenvalue weighted by atomic mass is 35.5. The fraction of sp³-hybridized carbons (Fsp3) is 0.321. The number of hydroxylamine groups is 1. The van der Waals surface area contributed by atoms with Crippen molar-refractivity contribution in [3.05, 3.63) is 71.5 Å². The zero-order chi connectivity index (χ0) is 29.7. The van der Waals surface area contributed by atoms with Crippen LogP contribution >= 0.6 is 11.6 Å². The van der Waals surface area contributed by atoms with Gasteiger partial charge in [-0.25, -0.2) is 23.8 Å². The maximum Gasteiger partial charge on any atom is 0.247 e. The summed E-state index contributed by atoms with van der Waals surface area (Å²) in [4.78, 5) is 30.7. The van der Waals surface area contributed by atoms with Gasteiger partial charge in [-0.05, 0) is 32.3 Å². The second-order valence-electron chi connectivity index (χ2n) is 9.60. The van der Waals surface area contributed by atoms with Crippen molar-refractivity contribution in [1.82, 2.24) is 14.9 Å². The van der Waals surface area contributed by atoms with Gasteiger partial charge < -0.3 is 25.2 Å². The molecule has 0 spiro atoms. The number of nitrogens with one attached hydrogen (secondary N) is 2. The number of rotatable bonds is 11. The van der Waals surface area contributed by atoms with E-state index in [-0.39, 0.29) is 11.5 Å². The van der Waals surface area contributed by atoms with Crippen molar-refractivity contribution in [2.45, 2.75) is 12.5 Å². The van der Waals surface area contributed by atoms with Crippen molar-refractivity contribution in [3.8, 4) is 5.75 Å². The molecule has 0 radical (unpaired) electrons. The van der Waals surface area contributed by atoms with Crippen LogP contribution in [0, 0.1) is 11.6 Å². The molecular formula is C28H32ClF2N7O3. The van der Waals surface area contributed by atoms with Crippen LogP contribution in [0.5, 0.6) is 5.75 Å². The third kappa shape index (κ3) is 6.84. The van der Waals surface area contributed by atoms with Gasteiger partial charge in [0.1, 0.15) is 34.6 Å². The Labute approximate surface area is 242 Å². The number of anilines is 5. The number of carbonyl (C=O) groups is 1. The number of amides is 1. The standard InChI is InChI=1S/C28H32ClF2N7O3/c1-6-26(39)35-19-13-20(23(40-5)14-22(19)37(4)11-10-36(2)3)34-24-15-25(33-16-32-24)38-21(9-12-41-38)17-7-8-18(30)27(29)28(17)31/h6-8,13-16,21H,1,9-12H2,2-5H3,(H,35,39)(H,32,33,34)/t21-/m1/s1. The first-order chi connectivity index (χ1) is 19.6. The fourth-order valence-electron chi connectivity index (χ4n) is 4.36. The quantitative estimate of drug-likeness (QED) is 0.233. The topological polar surface area (TPSA) is 95.1 Å². The van der Waals surface area contributed by atoms with E-state index in [4.69, 9.17) is 21.2 Å². The van der Waals surface area contributed by atoms with Crippen molar-refractivity contribution in [2.24, 2.45) is 0 Å². The highest BCUT2D eigenvalue weighted by Gasteiger charge is 2.32. The maximum atomic E-state index is 14.8. The van der Waals surface area contributed by atoms with Crippen molar-refractivity contribution < 1.29 is 23.1 Å². The van der Waals surface area contributed by atoms with Crippen LogP contribution in [0.25, 0.3) is 0 Å². The molecule has 0 aliphatic carbocycles. The Bertz CT molecular complexity index is 1430. The first-order valence-electron chi connectivity index (χ1n) is 12.8. The summed E-state index contributed by atoms with van der Waals surface area (Å²) in [6, 6.07) is 7.09. The highest BCUT2D eigenvalue weighted by Crippen LogP contribution is 2.40. The van der Waals surface area contributed by atoms with Crippen LogP contribution in [0.1, 0.15) is 18.0 Å². The van der Waals surface area contributed by atoms with Gasteiger partial charge >= 0.3 is 0 Å². The average molecular weight is 588 g/mol. The van der Waals surface area contributed by atoms with Gasteiger partial charge in [0.05, 0.1) is 36.8 Å². The molecule has 2 aromatic carbocycles. The summed E-state index contributed by atoms with van der Waals surface area (Å²) in [5.41, 5.74) is 2.01. The van der Waals surface area contributed by atoms with E-state index in [1.54, 1.807) is 19.2 Å².